The number of aliphatic hydroxyl groups excluding tert-OH is 1. The van der Waals surface area contributed by atoms with Crippen molar-refractivity contribution in [3.05, 3.63) is 35.9 Å². The molecule has 1 saturated heterocycles. The fourth-order valence-corrected chi connectivity index (χ4v) is 3.10. The van der Waals surface area contributed by atoms with Gasteiger partial charge in [0.25, 0.3) is 0 Å². The van der Waals surface area contributed by atoms with Gasteiger partial charge in [0, 0.05) is 32.7 Å². The lowest BCUT2D eigenvalue weighted by Gasteiger charge is -2.43. The monoisotopic (exact) mass is 290 g/mol. The molecule has 4 nitrogen and oxygen atoms in total. The Morgan fingerprint density at radius 3 is 2.62 bits per heavy atom. The molecule has 2 atom stereocenters. The van der Waals surface area contributed by atoms with Crippen LogP contribution in [0.4, 0.5) is 0 Å². The van der Waals surface area contributed by atoms with Crippen molar-refractivity contribution in [1.82, 2.24) is 9.80 Å². The second kappa shape index (κ2) is 6.58. The number of likely N-dealkylation sites (N-methyl/N-ethyl adjacent to an activating group) is 1. The van der Waals surface area contributed by atoms with Crippen LogP contribution in [0.15, 0.2) is 30.3 Å². The van der Waals surface area contributed by atoms with E-state index in [1.165, 1.54) is 0 Å². The minimum Gasteiger partial charge on any atom is -0.396 e. The van der Waals surface area contributed by atoms with Crippen molar-refractivity contribution in [1.29, 1.82) is 0 Å². The molecule has 4 heteroatoms. The Labute approximate surface area is 127 Å². The van der Waals surface area contributed by atoms with Crippen molar-refractivity contribution >= 4 is 5.91 Å². The van der Waals surface area contributed by atoms with Crippen LogP contribution in [0.3, 0.4) is 0 Å². The van der Waals surface area contributed by atoms with Gasteiger partial charge in [-0.1, -0.05) is 37.3 Å². The Morgan fingerprint density at radius 1 is 1.38 bits per heavy atom. The minimum absolute atomic E-state index is 0.100. The highest BCUT2D eigenvalue weighted by Gasteiger charge is 2.37. The first-order valence-corrected chi connectivity index (χ1v) is 7.58. The number of aliphatic hydroxyl groups is 1. The molecule has 21 heavy (non-hydrogen) atoms. The highest BCUT2D eigenvalue weighted by atomic mass is 16.3. The quantitative estimate of drug-likeness (QED) is 0.921. The van der Waals surface area contributed by atoms with Crippen molar-refractivity contribution < 1.29 is 9.90 Å². The molecule has 0 radical (unpaired) electrons. The first-order valence-electron chi connectivity index (χ1n) is 7.58. The zero-order valence-corrected chi connectivity index (χ0v) is 13.2. The summed E-state index contributed by atoms with van der Waals surface area (Å²) in [6.45, 7) is 3.92. The van der Waals surface area contributed by atoms with E-state index in [9.17, 15) is 9.90 Å². The summed E-state index contributed by atoms with van der Waals surface area (Å²) in [5.41, 5.74) is 0.913. The Balaban J connectivity index is 2.29. The van der Waals surface area contributed by atoms with Gasteiger partial charge in [0.2, 0.25) is 5.91 Å². The molecule has 0 aliphatic carbocycles. The largest absolute Gasteiger partial charge is 0.396 e. The van der Waals surface area contributed by atoms with E-state index in [1.54, 1.807) is 19.0 Å². The van der Waals surface area contributed by atoms with E-state index >= 15 is 0 Å². The summed E-state index contributed by atoms with van der Waals surface area (Å²) < 4.78 is 0. The van der Waals surface area contributed by atoms with Crippen LogP contribution in [0.5, 0.6) is 0 Å². The fraction of sp³-hybridized carbons (Fsp3) is 0.588. The molecule has 1 heterocycles. The molecular weight excluding hydrogens is 264 g/mol. The molecule has 0 spiro atoms. The van der Waals surface area contributed by atoms with Gasteiger partial charge in [-0.15, -0.1) is 0 Å². The maximum atomic E-state index is 12.7. The number of rotatable bonds is 4. The van der Waals surface area contributed by atoms with Gasteiger partial charge >= 0.3 is 0 Å². The molecule has 2 unspecified atom stereocenters. The van der Waals surface area contributed by atoms with Gasteiger partial charge in [0.05, 0.1) is 0 Å². The number of hydrogen-bond acceptors (Lipinski definition) is 3. The first kappa shape index (κ1) is 16.0. The van der Waals surface area contributed by atoms with Gasteiger partial charge in [0.1, 0.15) is 6.04 Å². The van der Waals surface area contributed by atoms with Crippen molar-refractivity contribution in [3.63, 3.8) is 0 Å². The van der Waals surface area contributed by atoms with Crippen LogP contribution in [0, 0.1) is 5.41 Å². The second-order valence-corrected chi connectivity index (χ2v) is 6.59. The summed E-state index contributed by atoms with van der Waals surface area (Å²) in [6, 6.07) is 9.68. The van der Waals surface area contributed by atoms with Gasteiger partial charge in [-0.25, -0.2) is 0 Å². The van der Waals surface area contributed by atoms with Crippen LogP contribution in [0.1, 0.15) is 31.4 Å². The average molecular weight is 290 g/mol. The maximum absolute atomic E-state index is 12.7. The van der Waals surface area contributed by atoms with Gasteiger partial charge in [-0.3, -0.25) is 9.69 Å². The number of carbonyl (C=O) groups excluding carboxylic acids is 1. The molecule has 1 N–H and O–H groups in total. The zero-order valence-electron chi connectivity index (χ0n) is 13.2. The van der Waals surface area contributed by atoms with Crippen LogP contribution < -0.4 is 0 Å². The van der Waals surface area contributed by atoms with Crippen molar-refractivity contribution in [2.75, 3.05) is 33.8 Å². The predicted octanol–water partition coefficient (Wildman–Crippen LogP) is 1.91. The number of hydrogen-bond donors (Lipinski definition) is 1. The number of likely N-dealkylation sites (tertiary alicyclic amines) is 1. The van der Waals surface area contributed by atoms with Crippen LogP contribution in [0.25, 0.3) is 0 Å². The molecule has 1 aliphatic heterocycles. The third-order valence-electron chi connectivity index (χ3n) is 4.35. The molecule has 0 saturated carbocycles. The topological polar surface area (TPSA) is 43.8 Å². The fourth-order valence-electron chi connectivity index (χ4n) is 3.10. The summed E-state index contributed by atoms with van der Waals surface area (Å²) in [6.07, 6.45) is 2.03. The highest BCUT2D eigenvalue weighted by molar-refractivity contribution is 5.82. The maximum Gasteiger partial charge on any atom is 0.244 e. The number of amides is 1. The van der Waals surface area contributed by atoms with Crippen molar-refractivity contribution in [3.8, 4) is 0 Å². The third kappa shape index (κ3) is 3.63. The normalized spacial score (nSPS) is 24.6. The van der Waals surface area contributed by atoms with Gasteiger partial charge in [-0.05, 0) is 24.9 Å². The van der Waals surface area contributed by atoms with E-state index in [4.69, 9.17) is 0 Å². The smallest absolute Gasteiger partial charge is 0.244 e. The first-order chi connectivity index (χ1) is 9.97. The Morgan fingerprint density at radius 2 is 2.05 bits per heavy atom. The minimum atomic E-state index is -0.257. The number of piperidine rings is 1. The van der Waals surface area contributed by atoms with E-state index in [0.717, 1.165) is 31.5 Å². The highest BCUT2D eigenvalue weighted by Crippen LogP contribution is 2.34. The van der Waals surface area contributed by atoms with Crippen LogP contribution in [-0.2, 0) is 4.79 Å². The zero-order chi connectivity index (χ0) is 15.5. The molecule has 2 rings (SSSR count). The summed E-state index contributed by atoms with van der Waals surface area (Å²) in [4.78, 5) is 16.5. The number of carbonyl (C=O) groups is 1. The number of benzene rings is 1. The van der Waals surface area contributed by atoms with Crippen LogP contribution in [0.2, 0.25) is 0 Å². The molecule has 1 aromatic carbocycles. The summed E-state index contributed by atoms with van der Waals surface area (Å²) in [5.74, 6) is 0.100. The summed E-state index contributed by atoms with van der Waals surface area (Å²) in [7, 11) is 3.60. The average Bonchev–Trinajstić information content (AvgIpc) is 2.48. The molecule has 1 aromatic rings. The second-order valence-electron chi connectivity index (χ2n) is 6.59. The predicted molar refractivity (Wildman–Crippen MR) is 83.9 cm³/mol. The number of nitrogens with zero attached hydrogens (tertiary/aromatic N) is 2. The molecule has 1 fully saturated rings. The van der Waals surface area contributed by atoms with Gasteiger partial charge < -0.3 is 10.0 Å². The molecular formula is C17H26N2O2. The molecule has 116 valence electrons. The summed E-state index contributed by atoms with van der Waals surface area (Å²) >= 11 is 0. The van der Waals surface area contributed by atoms with Crippen LogP contribution >= 0.6 is 0 Å². The van der Waals surface area contributed by atoms with E-state index in [0.29, 0.717) is 0 Å². The van der Waals surface area contributed by atoms with Crippen molar-refractivity contribution in [2.24, 2.45) is 5.41 Å². The molecule has 1 amide bonds. The SMILES string of the molecule is CN(C)C(=O)C(c1ccccc1)N1CCCC(C)(CO)C1. The van der Waals surface area contributed by atoms with Gasteiger partial charge in [-0.2, -0.15) is 0 Å². The lowest BCUT2D eigenvalue weighted by Crippen LogP contribution is -2.49. The molecule has 1 aliphatic rings. The van der Waals surface area contributed by atoms with Crippen LogP contribution in [-0.4, -0.2) is 54.6 Å². The lowest BCUT2D eigenvalue weighted by atomic mass is 9.81. The van der Waals surface area contributed by atoms with E-state index in [-0.39, 0.29) is 24.0 Å². The summed E-state index contributed by atoms with van der Waals surface area (Å²) in [5, 5.41) is 9.65. The Kier molecular flexibility index (Phi) is 5.01. The molecule has 0 aromatic heterocycles. The van der Waals surface area contributed by atoms with Crippen molar-refractivity contribution in [2.45, 2.75) is 25.8 Å². The van der Waals surface area contributed by atoms with E-state index < -0.39 is 0 Å². The lowest BCUT2D eigenvalue weighted by molar-refractivity contribution is -0.136. The Hall–Kier alpha value is -1.39. The molecule has 0 bridgehead atoms. The van der Waals surface area contributed by atoms with Gasteiger partial charge in [0.15, 0.2) is 0 Å². The standard InChI is InChI=1S/C17H26N2O2/c1-17(13-20)10-7-11-19(12-17)15(16(21)18(2)3)14-8-5-4-6-9-14/h4-6,8-9,15,20H,7,10-13H2,1-3H3. The Bertz CT molecular complexity index is 475. The van der Waals surface area contributed by atoms with E-state index in [1.807, 2.05) is 30.3 Å². The van der Waals surface area contributed by atoms with E-state index in [2.05, 4.69) is 11.8 Å². The third-order valence-corrected chi connectivity index (χ3v) is 4.35.